The summed E-state index contributed by atoms with van der Waals surface area (Å²) >= 11 is 0. The minimum atomic E-state index is -3.57. The summed E-state index contributed by atoms with van der Waals surface area (Å²) < 4.78 is 31.5. The number of ether oxygens (including phenoxy) is 1. The lowest BCUT2D eigenvalue weighted by atomic mass is 10.1. The van der Waals surface area contributed by atoms with Crippen LogP contribution in [0.4, 0.5) is 16.3 Å². The Kier molecular flexibility index (Phi) is 7.77. The Bertz CT molecular complexity index is 1220. The number of amides is 2. The lowest BCUT2D eigenvalue weighted by Gasteiger charge is -2.35. The fourth-order valence-electron chi connectivity index (χ4n) is 4.47. The first-order valence-electron chi connectivity index (χ1n) is 12.8. The number of hydrogen-bond acceptors (Lipinski definition) is 8. The molecule has 0 bridgehead atoms. The topological polar surface area (TPSA) is 134 Å². The van der Waals surface area contributed by atoms with Crippen LogP contribution in [-0.2, 0) is 19.3 Å². The monoisotopic (exact) mass is 531 g/mol. The van der Waals surface area contributed by atoms with Crippen molar-refractivity contribution < 1.29 is 23.1 Å². The number of aliphatic hydroxyl groups is 1. The number of morpholine rings is 1. The number of sulfone groups is 1. The third-order valence-electron chi connectivity index (χ3n) is 6.86. The second-order valence-electron chi connectivity index (χ2n) is 10.5. The molecule has 2 heterocycles. The number of benzene rings is 1. The van der Waals surface area contributed by atoms with Crippen LogP contribution >= 0.6 is 0 Å². The molecule has 0 radical (unpaired) electrons. The van der Waals surface area contributed by atoms with Crippen LogP contribution in [0.25, 0.3) is 11.4 Å². The van der Waals surface area contributed by atoms with E-state index >= 15 is 0 Å². The fraction of sp³-hybridized carbons (Fsp3) is 0.577. The molecule has 0 spiro atoms. The second kappa shape index (κ2) is 10.5. The summed E-state index contributed by atoms with van der Waals surface area (Å²) in [7, 11) is -3.57. The number of carbonyl (C=O) groups excluding carboxylic acids is 1. The lowest BCUT2D eigenvalue weighted by Crippen LogP contribution is -2.44. The molecule has 11 heteroatoms. The molecule has 4 rings (SSSR count). The van der Waals surface area contributed by atoms with Crippen LogP contribution in [0, 0.1) is 0 Å². The molecule has 1 aliphatic heterocycles. The van der Waals surface area contributed by atoms with Gasteiger partial charge in [0, 0.05) is 30.4 Å². The van der Waals surface area contributed by atoms with Crippen LogP contribution in [0.2, 0.25) is 0 Å². The Hall–Kier alpha value is -2.76. The molecule has 1 aromatic heterocycles. The standard InChI is InChI=1S/C26H37N5O5S/c1-5-27-24(32)28-20-8-6-19(7-9-20)23-29-21(16-22(30-23)31-13-14-36-17-18(31)2)26(10-11-26)37(34,35)15-12-25(3,4)33/h6-9,16,18,33H,5,10-15,17H2,1-4H3,(H2,27,28,32)/t18-/m0/s1. The number of carbonyl (C=O) groups is 1. The molecule has 1 saturated carbocycles. The normalized spacial score (nSPS) is 19.4. The van der Waals surface area contributed by atoms with Gasteiger partial charge in [-0.2, -0.15) is 0 Å². The minimum Gasteiger partial charge on any atom is -0.390 e. The molecule has 1 aliphatic carbocycles. The van der Waals surface area contributed by atoms with Gasteiger partial charge in [-0.05, 0) is 71.2 Å². The largest absolute Gasteiger partial charge is 0.390 e. The number of rotatable bonds is 9. The van der Waals surface area contributed by atoms with Gasteiger partial charge in [0.15, 0.2) is 15.7 Å². The Morgan fingerprint density at radius 2 is 1.95 bits per heavy atom. The number of urea groups is 1. The van der Waals surface area contributed by atoms with Gasteiger partial charge >= 0.3 is 6.03 Å². The Morgan fingerprint density at radius 3 is 2.54 bits per heavy atom. The maximum atomic E-state index is 13.5. The summed E-state index contributed by atoms with van der Waals surface area (Å²) in [4.78, 5) is 23.6. The number of aromatic nitrogens is 2. The molecule has 1 atom stereocenters. The summed E-state index contributed by atoms with van der Waals surface area (Å²) in [5, 5.41) is 15.6. The van der Waals surface area contributed by atoms with Gasteiger partial charge in [0.1, 0.15) is 10.6 Å². The summed E-state index contributed by atoms with van der Waals surface area (Å²) in [5.74, 6) is 0.989. The van der Waals surface area contributed by atoms with E-state index in [0.717, 1.165) is 5.56 Å². The van der Waals surface area contributed by atoms with Gasteiger partial charge in [0.2, 0.25) is 0 Å². The van der Waals surface area contributed by atoms with E-state index in [2.05, 4.69) is 22.5 Å². The highest BCUT2D eigenvalue weighted by Crippen LogP contribution is 2.53. The first-order chi connectivity index (χ1) is 17.4. The number of nitrogens with zero attached hydrogens (tertiary/aromatic N) is 3. The van der Waals surface area contributed by atoms with Crippen molar-refractivity contribution in [2.75, 3.05) is 42.3 Å². The quantitative estimate of drug-likeness (QED) is 0.450. The molecule has 0 unspecified atom stereocenters. The van der Waals surface area contributed by atoms with Crippen LogP contribution in [0.3, 0.4) is 0 Å². The van der Waals surface area contributed by atoms with Gasteiger partial charge in [0.25, 0.3) is 0 Å². The van der Waals surface area contributed by atoms with Crippen molar-refractivity contribution in [3.63, 3.8) is 0 Å². The SMILES string of the molecule is CCNC(=O)Nc1ccc(-c2nc(N3CCOC[C@@H]3C)cc(C3(S(=O)(=O)CCC(C)(C)O)CC3)n2)cc1. The molecule has 3 N–H and O–H groups in total. The third kappa shape index (κ3) is 6.22. The van der Waals surface area contributed by atoms with E-state index in [-0.39, 0.29) is 24.2 Å². The second-order valence-corrected chi connectivity index (χ2v) is 12.9. The Morgan fingerprint density at radius 1 is 1.24 bits per heavy atom. The van der Waals surface area contributed by atoms with Crippen molar-refractivity contribution in [3.8, 4) is 11.4 Å². The summed E-state index contributed by atoms with van der Waals surface area (Å²) in [6, 6.07) is 8.77. The highest BCUT2D eigenvalue weighted by atomic mass is 32.2. The number of hydrogen-bond donors (Lipinski definition) is 3. The first kappa shape index (κ1) is 27.3. The lowest BCUT2D eigenvalue weighted by molar-refractivity contribution is 0.0771. The van der Waals surface area contributed by atoms with Crippen molar-refractivity contribution in [3.05, 3.63) is 36.0 Å². The van der Waals surface area contributed by atoms with E-state index in [9.17, 15) is 18.3 Å². The molecule has 2 aromatic rings. The van der Waals surface area contributed by atoms with Gasteiger partial charge < -0.3 is 25.4 Å². The van der Waals surface area contributed by atoms with E-state index in [1.807, 2.05) is 25.1 Å². The molecular weight excluding hydrogens is 494 g/mol. The smallest absolute Gasteiger partial charge is 0.319 e. The molecule has 37 heavy (non-hydrogen) atoms. The van der Waals surface area contributed by atoms with Gasteiger partial charge in [-0.25, -0.2) is 23.2 Å². The molecule has 2 amide bonds. The Labute approximate surface area is 218 Å². The van der Waals surface area contributed by atoms with Gasteiger partial charge in [0.05, 0.1) is 36.3 Å². The molecule has 2 fully saturated rings. The van der Waals surface area contributed by atoms with Gasteiger partial charge in [-0.1, -0.05) is 0 Å². The zero-order chi connectivity index (χ0) is 26.8. The average Bonchev–Trinajstić information content (AvgIpc) is 3.66. The zero-order valence-electron chi connectivity index (χ0n) is 22.0. The van der Waals surface area contributed by atoms with E-state index in [0.29, 0.717) is 62.2 Å². The van der Waals surface area contributed by atoms with Crippen molar-refractivity contribution in [1.29, 1.82) is 0 Å². The van der Waals surface area contributed by atoms with E-state index in [1.165, 1.54) is 0 Å². The van der Waals surface area contributed by atoms with Crippen LogP contribution in [0.1, 0.15) is 52.7 Å². The van der Waals surface area contributed by atoms with E-state index in [4.69, 9.17) is 14.7 Å². The molecule has 1 saturated heterocycles. The molecule has 202 valence electrons. The molecule has 10 nitrogen and oxygen atoms in total. The van der Waals surface area contributed by atoms with Crippen LogP contribution in [0.15, 0.2) is 30.3 Å². The maximum Gasteiger partial charge on any atom is 0.319 e. The predicted molar refractivity (Wildman–Crippen MR) is 143 cm³/mol. The molecular formula is C26H37N5O5S. The molecule has 2 aliphatic rings. The summed E-state index contributed by atoms with van der Waals surface area (Å²) in [6.07, 6.45) is 1.14. The van der Waals surface area contributed by atoms with E-state index < -0.39 is 20.2 Å². The van der Waals surface area contributed by atoms with Gasteiger partial charge in [-0.3, -0.25) is 0 Å². The van der Waals surface area contributed by atoms with Crippen LogP contribution in [-0.4, -0.2) is 73.2 Å². The Balaban J connectivity index is 1.71. The van der Waals surface area contributed by atoms with Crippen molar-refractivity contribution in [2.24, 2.45) is 0 Å². The van der Waals surface area contributed by atoms with Crippen molar-refractivity contribution in [1.82, 2.24) is 15.3 Å². The van der Waals surface area contributed by atoms with E-state index in [1.54, 1.807) is 26.0 Å². The van der Waals surface area contributed by atoms with Crippen LogP contribution in [0.5, 0.6) is 0 Å². The molecule has 1 aromatic carbocycles. The van der Waals surface area contributed by atoms with Crippen LogP contribution < -0.4 is 15.5 Å². The third-order valence-corrected chi connectivity index (χ3v) is 9.41. The highest BCUT2D eigenvalue weighted by molar-refractivity contribution is 7.92. The summed E-state index contributed by atoms with van der Waals surface area (Å²) in [6.45, 7) is 9.42. The fourth-order valence-corrected chi connectivity index (χ4v) is 6.78. The van der Waals surface area contributed by atoms with Gasteiger partial charge in [-0.15, -0.1) is 0 Å². The highest BCUT2D eigenvalue weighted by Gasteiger charge is 2.57. The average molecular weight is 532 g/mol. The summed E-state index contributed by atoms with van der Waals surface area (Å²) in [5.41, 5.74) is 0.764. The number of anilines is 2. The van der Waals surface area contributed by atoms with Crippen molar-refractivity contribution in [2.45, 2.75) is 63.3 Å². The minimum absolute atomic E-state index is 0.0787. The maximum absolute atomic E-state index is 13.5. The first-order valence-corrected chi connectivity index (χ1v) is 14.4. The number of nitrogens with one attached hydrogen (secondary N) is 2. The van der Waals surface area contributed by atoms with Crippen molar-refractivity contribution >= 4 is 27.4 Å². The predicted octanol–water partition coefficient (Wildman–Crippen LogP) is 3.08. The zero-order valence-corrected chi connectivity index (χ0v) is 22.8.